The highest BCUT2D eigenvalue weighted by Gasteiger charge is 2.43. The normalized spacial score (nSPS) is 16.0. The van der Waals surface area contributed by atoms with Crippen molar-refractivity contribution < 1.29 is 13.6 Å². The van der Waals surface area contributed by atoms with Gasteiger partial charge in [0, 0.05) is 23.7 Å². The number of hydrogen-bond acceptors (Lipinski definition) is 4. The number of halogens is 2. The number of amides is 1. The van der Waals surface area contributed by atoms with Crippen LogP contribution in [0.15, 0.2) is 51.7 Å². The standard InChI is InChI=1S/C23H22ClFN2O3/c1-3-26(4-2)11-12-27-20(15-7-5-6-8-17(15)25)19-21(28)16-13-14(24)9-10-18(16)30-22(19)23(27)29/h5-10,13,20H,3-4,11-12H2,1-2H3. The topological polar surface area (TPSA) is 53.8 Å². The van der Waals surface area contributed by atoms with Crippen LogP contribution in [0, 0.1) is 5.82 Å². The zero-order valence-electron chi connectivity index (χ0n) is 16.8. The van der Waals surface area contributed by atoms with Crippen molar-refractivity contribution in [2.45, 2.75) is 19.9 Å². The molecule has 0 spiro atoms. The van der Waals surface area contributed by atoms with E-state index in [1.807, 2.05) is 13.8 Å². The molecule has 5 nitrogen and oxygen atoms in total. The molecule has 30 heavy (non-hydrogen) atoms. The number of carbonyl (C=O) groups is 1. The van der Waals surface area contributed by atoms with Crippen molar-refractivity contribution >= 4 is 28.5 Å². The summed E-state index contributed by atoms with van der Waals surface area (Å²) in [5, 5.41) is 0.667. The largest absolute Gasteiger partial charge is 0.450 e. The molecule has 0 aliphatic carbocycles. The minimum absolute atomic E-state index is 0.0253. The molecule has 0 saturated heterocycles. The van der Waals surface area contributed by atoms with Crippen LogP contribution in [-0.4, -0.2) is 41.9 Å². The molecule has 0 bridgehead atoms. The maximum atomic E-state index is 14.8. The number of nitrogens with zero attached hydrogens (tertiary/aromatic N) is 2. The van der Waals surface area contributed by atoms with Gasteiger partial charge in [0.15, 0.2) is 5.43 Å². The maximum Gasteiger partial charge on any atom is 0.290 e. The lowest BCUT2D eigenvalue weighted by Crippen LogP contribution is -2.38. The molecule has 1 amide bonds. The van der Waals surface area contributed by atoms with Gasteiger partial charge in [0.2, 0.25) is 5.76 Å². The van der Waals surface area contributed by atoms with Gasteiger partial charge >= 0.3 is 0 Å². The maximum absolute atomic E-state index is 14.8. The van der Waals surface area contributed by atoms with E-state index in [0.29, 0.717) is 18.1 Å². The van der Waals surface area contributed by atoms with E-state index in [9.17, 15) is 14.0 Å². The van der Waals surface area contributed by atoms with Crippen LogP contribution in [-0.2, 0) is 0 Å². The van der Waals surface area contributed by atoms with E-state index in [2.05, 4.69) is 4.90 Å². The predicted molar refractivity (Wildman–Crippen MR) is 115 cm³/mol. The minimum atomic E-state index is -0.844. The molecule has 4 rings (SSSR count). The first-order chi connectivity index (χ1) is 14.5. The zero-order valence-corrected chi connectivity index (χ0v) is 17.6. The number of likely N-dealkylation sites (N-methyl/N-ethyl adjacent to an activating group) is 1. The smallest absolute Gasteiger partial charge is 0.290 e. The molecule has 0 N–H and O–H groups in total. The van der Waals surface area contributed by atoms with Crippen molar-refractivity contribution in [2.24, 2.45) is 0 Å². The fraction of sp³-hybridized carbons (Fsp3) is 0.304. The molecule has 1 aliphatic rings. The number of benzene rings is 2. The first kappa shape index (κ1) is 20.6. The van der Waals surface area contributed by atoms with Crippen molar-refractivity contribution in [3.8, 4) is 0 Å². The Kier molecular flexibility index (Phi) is 5.62. The van der Waals surface area contributed by atoms with Crippen LogP contribution >= 0.6 is 11.6 Å². The number of fused-ring (bicyclic) bond motifs is 2. The Bertz CT molecular complexity index is 1170. The van der Waals surface area contributed by atoms with Crippen molar-refractivity contribution in [1.82, 2.24) is 9.80 Å². The number of rotatable bonds is 6. The third kappa shape index (κ3) is 3.40. The van der Waals surface area contributed by atoms with E-state index in [0.717, 1.165) is 13.1 Å². The van der Waals surface area contributed by atoms with Gasteiger partial charge in [0.25, 0.3) is 5.91 Å². The second kappa shape index (κ2) is 8.20. The molecular formula is C23H22ClFN2O3. The van der Waals surface area contributed by atoms with Crippen molar-refractivity contribution in [2.75, 3.05) is 26.2 Å². The quantitative estimate of drug-likeness (QED) is 0.581. The van der Waals surface area contributed by atoms with Crippen LogP contribution in [0.5, 0.6) is 0 Å². The van der Waals surface area contributed by atoms with Crippen molar-refractivity contribution in [3.05, 3.63) is 80.4 Å². The van der Waals surface area contributed by atoms with Gasteiger partial charge in [-0.1, -0.05) is 43.6 Å². The first-order valence-corrected chi connectivity index (χ1v) is 10.4. The summed E-state index contributed by atoms with van der Waals surface area (Å²) in [6.07, 6.45) is 0. The van der Waals surface area contributed by atoms with Gasteiger partial charge in [0.1, 0.15) is 11.4 Å². The zero-order chi connectivity index (χ0) is 21.4. The van der Waals surface area contributed by atoms with E-state index < -0.39 is 17.8 Å². The lowest BCUT2D eigenvalue weighted by atomic mass is 9.98. The van der Waals surface area contributed by atoms with Gasteiger partial charge in [0.05, 0.1) is 17.0 Å². The molecule has 0 fully saturated rings. The van der Waals surface area contributed by atoms with E-state index in [1.165, 1.54) is 17.0 Å². The fourth-order valence-electron chi connectivity index (χ4n) is 4.03. The summed E-state index contributed by atoms with van der Waals surface area (Å²) in [4.78, 5) is 30.4. The van der Waals surface area contributed by atoms with Crippen LogP contribution in [0.3, 0.4) is 0 Å². The minimum Gasteiger partial charge on any atom is -0.450 e. The highest BCUT2D eigenvalue weighted by molar-refractivity contribution is 6.31. The highest BCUT2D eigenvalue weighted by atomic mass is 35.5. The summed E-state index contributed by atoms with van der Waals surface area (Å²) in [5.41, 5.74) is 0.368. The van der Waals surface area contributed by atoms with Crippen molar-refractivity contribution in [3.63, 3.8) is 0 Å². The second-order valence-electron chi connectivity index (χ2n) is 7.26. The van der Waals surface area contributed by atoms with E-state index in [-0.39, 0.29) is 33.3 Å². The highest BCUT2D eigenvalue weighted by Crippen LogP contribution is 2.39. The molecule has 7 heteroatoms. The third-order valence-corrected chi connectivity index (χ3v) is 5.91. The third-order valence-electron chi connectivity index (χ3n) is 5.68. The molecule has 1 aromatic heterocycles. The Balaban J connectivity index is 1.90. The van der Waals surface area contributed by atoms with Gasteiger partial charge in [-0.15, -0.1) is 0 Å². The second-order valence-corrected chi connectivity index (χ2v) is 7.70. The summed E-state index contributed by atoms with van der Waals surface area (Å²) < 4.78 is 20.6. The average molecular weight is 429 g/mol. The summed E-state index contributed by atoms with van der Waals surface area (Å²) in [6.45, 7) is 6.70. The average Bonchev–Trinajstić information content (AvgIpc) is 3.02. The number of carbonyl (C=O) groups excluding carboxylic acids is 1. The summed E-state index contributed by atoms with van der Waals surface area (Å²) in [6, 6.07) is 10.1. The molecular weight excluding hydrogens is 407 g/mol. The van der Waals surface area contributed by atoms with Crippen molar-refractivity contribution in [1.29, 1.82) is 0 Å². The fourth-order valence-corrected chi connectivity index (χ4v) is 4.20. The van der Waals surface area contributed by atoms with E-state index >= 15 is 0 Å². The summed E-state index contributed by atoms with van der Waals surface area (Å²) in [7, 11) is 0. The molecule has 1 atom stereocenters. The Morgan fingerprint density at radius 3 is 2.57 bits per heavy atom. The summed E-state index contributed by atoms with van der Waals surface area (Å²) in [5.74, 6) is -0.899. The van der Waals surface area contributed by atoms with Gasteiger partial charge in [-0.05, 0) is 37.4 Å². The number of hydrogen-bond donors (Lipinski definition) is 0. The van der Waals surface area contributed by atoms with Gasteiger partial charge in [-0.2, -0.15) is 0 Å². The van der Waals surface area contributed by atoms with Crippen LogP contribution in [0.4, 0.5) is 4.39 Å². The van der Waals surface area contributed by atoms with E-state index in [4.69, 9.17) is 16.0 Å². The Labute approximate surface area is 178 Å². The molecule has 0 saturated carbocycles. The monoisotopic (exact) mass is 428 g/mol. The van der Waals surface area contributed by atoms with Crippen LogP contribution < -0.4 is 5.43 Å². The van der Waals surface area contributed by atoms with Gasteiger partial charge < -0.3 is 14.2 Å². The van der Waals surface area contributed by atoms with Crippen LogP contribution in [0.2, 0.25) is 5.02 Å². The molecule has 1 unspecified atom stereocenters. The molecule has 0 radical (unpaired) electrons. The molecule has 2 aromatic carbocycles. The molecule has 1 aliphatic heterocycles. The molecule has 3 aromatic rings. The van der Waals surface area contributed by atoms with Gasteiger partial charge in [-0.3, -0.25) is 9.59 Å². The van der Waals surface area contributed by atoms with Gasteiger partial charge in [-0.25, -0.2) is 4.39 Å². The van der Waals surface area contributed by atoms with Crippen LogP contribution in [0.1, 0.15) is 41.6 Å². The Hall–Kier alpha value is -2.70. The Morgan fingerprint density at radius 1 is 1.13 bits per heavy atom. The SMILES string of the molecule is CCN(CC)CCN1C(=O)c2oc3ccc(Cl)cc3c(=O)c2C1c1ccccc1F. The molecule has 156 valence electrons. The lowest BCUT2D eigenvalue weighted by molar-refractivity contribution is 0.0706. The lowest BCUT2D eigenvalue weighted by Gasteiger charge is -2.28. The predicted octanol–water partition coefficient (Wildman–Crippen LogP) is 4.47. The van der Waals surface area contributed by atoms with E-state index in [1.54, 1.807) is 30.3 Å². The summed E-state index contributed by atoms with van der Waals surface area (Å²) >= 11 is 6.07. The van der Waals surface area contributed by atoms with Crippen LogP contribution in [0.25, 0.3) is 11.0 Å². The Morgan fingerprint density at radius 2 is 1.87 bits per heavy atom. The molecule has 2 heterocycles. The first-order valence-electron chi connectivity index (χ1n) is 10.00.